The SMILES string of the molecule is CC/C(=C\c1ccccc1)[C@@H]1C[C@H]1NC1CC2(C1)CN(CCNS(=O)(=O)CCOC)C2. The lowest BCUT2D eigenvalue weighted by molar-refractivity contribution is -0.0775. The van der Waals surface area contributed by atoms with Gasteiger partial charge in [0.1, 0.15) is 0 Å². The monoisotopic (exact) mass is 447 g/mol. The Morgan fingerprint density at radius 1 is 1.26 bits per heavy atom. The summed E-state index contributed by atoms with van der Waals surface area (Å²) < 4.78 is 31.1. The minimum Gasteiger partial charge on any atom is -0.384 e. The fourth-order valence-electron chi connectivity index (χ4n) is 5.37. The molecule has 31 heavy (non-hydrogen) atoms. The Morgan fingerprint density at radius 3 is 2.68 bits per heavy atom. The van der Waals surface area contributed by atoms with Crippen molar-refractivity contribution in [3.05, 3.63) is 41.5 Å². The Morgan fingerprint density at radius 2 is 2.00 bits per heavy atom. The normalized spacial score (nSPS) is 25.9. The molecule has 1 saturated heterocycles. The van der Waals surface area contributed by atoms with Gasteiger partial charge >= 0.3 is 0 Å². The molecule has 1 aromatic rings. The van der Waals surface area contributed by atoms with Gasteiger partial charge < -0.3 is 15.0 Å². The number of hydrogen-bond acceptors (Lipinski definition) is 5. The summed E-state index contributed by atoms with van der Waals surface area (Å²) in [4.78, 5) is 2.37. The van der Waals surface area contributed by atoms with Crippen LogP contribution in [0, 0.1) is 11.3 Å². The fourth-order valence-corrected chi connectivity index (χ4v) is 6.31. The molecule has 2 N–H and O–H groups in total. The van der Waals surface area contributed by atoms with Crippen LogP contribution in [0.5, 0.6) is 0 Å². The summed E-state index contributed by atoms with van der Waals surface area (Å²) in [5.41, 5.74) is 3.36. The molecule has 0 aromatic heterocycles. The van der Waals surface area contributed by atoms with Gasteiger partial charge in [-0.15, -0.1) is 0 Å². The molecule has 4 rings (SSSR count). The summed E-state index contributed by atoms with van der Waals surface area (Å²) in [5, 5.41) is 3.90. The van der Waals surface area contributed by atoms with Crippen LogP contribution >= 0.6 is 0 Å². The van der Waals surface area contributed by atoms with Crippen LogP contribution in [0.25, 0.3) is 6.08 Å². The van der Waals surface area contributed by atoms with Crippen molar-refractivity contribution in [2.45, 2.75) is 44.7 Å². The number of likely N-dealkylation sites (tertiary alicyclic amines) is 1. The number of methoxy groups -OCH3 is 1. The van der Waals surface area contributed by atoms with Gasteiger partial charge in [0.05, 0.1) is 12.4 Å². The summed E-state index contributed by atoms with van der Waals surface area (Å²) >= 11 is 0. The van der Waals surface area contributed by atoms with Gasteiger partial charge in [-0.1, -0.05) is 48.9 Å². The molecule has 2 saturated carbocycles. The smallest absolute Gasteiger partial charge is 0.213 e. The van der Waals surface area contributed by atoms with Crippen molar-refractivity contribution in [1.29, 1.82) is 0 Å². The average Bonchev–Trinajstić information content (AvgIpc) is 3.46. The molecule has 0 radical (unpaired) electrons. The second-order valence-corrected chi connectivity index (χ2v) is 11.5. The van der Waals surface area contributed by atoms with E-state index < -0.39 is 10.0 Å². The first kappa shape index (κ1) is 22.9. The van der Waals surface area contributed by atoms with Crippen LogP contribution in [0.15, 0.2) is 35.9 Å². The van der Waals surface area contributed by atoms with Crippen molar-refractivity contribution in [3.63, 3.8) is 0 Å². The number of rotatable bonds is 12. The van der Waals surface area contributed by atoms with Gasteiger partial charge in [-0.05, 0) is 42.6 Å². The van der Waals surface area contributed by atoms with E-state index in [4.69, 9.17) is 4.74 Å². The van der Waals surface area contributed by atoms with Crippen LogP contribution in [-0.4, -0.2) is 71.0 Å². The van der Waals surface area contributed by atoms with Crippen molar-refractivity contribution < 1.29 is 13.2 Å². The van der Waals surface area contributed by atoms with Crippen molar-refractivity contribution in [2.75, 3.05) is 45.6 Å². The van der Waals surface area contributed by atoms with Crippen LogP contribution in [0.2, 0.25) is 0 Å². The molecule has 1 heterocycles. The van der Waals surface area contributed by atoms with Crippen LogP contribution in [-0.2, 0) is 14.8 Å². The first-order chi connectivity index (χ1) is 14.9. The lowest BCUT2D eigenvalue weighted by atomic mass is 9.60. The van der Waals surface area contributed by atoms with E-state index in [0.717, 1.165) is 26.1 Å². The molecule has 6 nitrogen and oxygen atoms in total. The molecule has 7 heteroatoms. The second-order valence-electron chi connectivity index (χ2n) is 9.62. The summed E-state index contributed by atoms with van der Waals surface area (Å²) in [7, 11) is -1.69. The van der Waals surface area contributed by atoms with Gasteiger partial charge in [0.15, 0.2) is 0 Å². The molecule has 1 aromatic carbocycles. The van der Waals surface area contributed by atoms with E-state index in [0.29, 0.717) is 30.0 Å². The third-order valence-electron chi connectivity index (χ3n) is 7.06. The number of nitrogens with one attached hydrogen (secondary N) is 2. The molecule has 1 aliphatic heterocycles. The van der Waals surface area contributed by atoms with E-state index in [1.807, 2.05) is 0 Å². The fraction of sp³-hybridized carbons (Fsp3) is 0.667. The van der Waals surface area contributed by atoms with Crippen molar-refractivity contribution >= 4 is 16.1 Å². The van der Waals surface area contributed by atoms with Gasteiger partial charge in [0.2, 0.25) is 10.0 Å². The minimum absolute atomic E-state index is 0.0310. The van der Waals surface area contributed by atoms with Crippen molar-refractivity contribution in [1.82, 2.24) is 14.9 Å². The number of sulfonamides is 1. The molecular weight excluding hydrogens is 410 g/mol. The molecule has 3 aliphatic rings. The number of benzene rings is 1. The Hall–Kier alpha value is -1.25. The topological polar surface area (TPSA) is 70.7 Å². The highest BCUT2D eigenvalue weighted by atomic mass is 32.2. The Kier molecular flexibility index (Phi) is 7.18. The molecule has 0 amide bonds. The highest BCUT2D eigenvalue weighted by molar-refractivity contribution is 7.89. The average molecular weight is 448 g/mol. The predicted molar refractivity (Wildman–Crippen MR) is 125 cm³/mol. The summed E-state index contributed by atoms with van der Waals surface area (Å²) in [5.74, 6) is 0.731. The summed E-state index contributed by atoms with van der Waals surface area (Å²) in [6.45, 7) is 5.99. The second kappa shape index (κ2) is 9.71. The largest absolute Gasteiger partial charge is 0.384 e. The highest BCUT2D eigenvalue weighted by Crippen LogP contribution is 2.50. The number of hydrogen-bond donors (Lipinski definition) is 2. The molecule has 1 spiro atoms. The Bertz CT molecular complexity index is 857. The van der Waals surface area contributed by atoms with E-state index in [2.05, 4.69) is 58.3 Å². The predicted octanol–water partition coefficient (Wildman–Crippen LogP) is 2.49. The third-order valence-corrected chi connectivity index (χ3v) is 8.41. The van der Waals surface area contributed by atoms with Crippen LogP contribution in [0.1, 0.15) is 38.2 Å². The van der Waals surface area contributed by atoms with Crippen LogP contribution in [0.4, 0.5) is 0 Å². The maximum Gasteiger partial charge on any atom is 0.213 e. The van der Waals surface area contributed by atoms with Gasteiger partial charge in [-0.2, -0.15) is 0 Å². The number of ether oxygens (including phenoxy) is 1. The van der Waals surface area contributed by atoms with E-state index in [1.165, 1.54) is 31.9 Å². The zero-order valence-electron chi connectivity index (χ0n) is 18.8. The third kappa shape index (κ3) is 5.96. The van der Waals surface area contributed by atoms with E-state index in [1.54, 1.807) is 5.57 Å². The van der Waals surface area contributed by atoms with Crippen LogP contribution < -0.4 is 10.0 Å². The van der Waals surface area contributed by atoms with E-state index in [-0.39, 0.29) is 12.4 Å². The van der Waals surface area contributed by atoms with Gasteiger partial charge in [0, 0.05) is 45.4 Å². The molecule has 2 aliphatic carbocycles. The van der Waals surface area contributed by atoms with Crippen molar-refractivity contribution in [3.8, 4) is 0 Å². The molecule has 2 atom stereocenters. The van der Waals surface area contributed by atoms with Crippen LogP contribution in [0.3, 0.4) is 0 Å². The Balaban J connectivity index is 1.12. The first-order valence-corrected chi connectivity index (χ1v) is 13.3. The maximum atomic E-state index is 11.8. The quantitative estimate of drug-likeness (QED) is 0.515. The molecular formula is C24H37N3O3S. The Labute approximate surface area is 187 Å². The standard InChI is InChI=1S/C24H37N3O3S/c1-3-20(13-19-7-5-4-6-8-19)22-14-23(22)26-21-15-24(16-21)17-27(18-24)10-9-25-31(28,29)12-11-30-2/h4-8,13,21-23,25-26H,3,9-12,14-18H2,1-2H3/b20-13+/t22-,23+/m0/s1. The number of nitrogens with zero attached hydrogens (tertiary/aromatic N) is 1. The molecule has 3 fully saturated rings. The highest BCUT2D eigenvalue weighted by Gasteiger charge is 2.53. The lowest BCUT2D eigenvalue weighted by Gasteiger charge is -2.59. The van der Waals surface area contributed by atoms with E-state index in [9.17, 15) is 8.42 Å². The molecule has 172 valence electrons. The zero-order chi connectivity index (χ0) is 21.9. The van der Waals surface area contributed by atoms with Gasteiger partial charge in [-0.3, -0.25) is 0 Å². The van der Waals surface area contributed by atoms with Gasteiger partial charge in [0.25, 0.3) is 0 Å². The molecule has 0 bridgehead atoms. The zero-order valence-corrected chi connectivity index (χ0v) is 19.7. The minimum atomic E-state index is -3.21. The summed E-state index contributed by atoms with van der Waals surface area (Å²) in [6, 6.07) is 11.9. The molecule has 0 unspecified atom stereocenters. The first-order valence-electron chi connectivity index (χ1n) is 11.6. The van der Waals surface area contributed by atoms with E-state index >= 15 is 0 Å². The van der Waals surface area contributed by atoms with Gasteiger partial charge in [-0.25, -0.2) is 13.1 Å². The maximum absolute atomic E-state index is 11.8. The van der Waals surface area contributed by atoms with Crippen molar-refractivity contribution in [2.24, 2.45) is 11.3 Å². The summed E-state index contributed by atoms with van der Waals surface area (Å²) in [6.07, 6.45) is 7.29. The lowest BCUT2D eigenvalue weighted by Crippen LogP contribution is -2.66.